The van der Waals surface area contributed by atoms with E-state index in [-0.39, 0.29) is 11.5 Å². The molecule has 0 bridgehead atoms. The molecule has 3 rings (SSSR count). The number of aliphatic imine (C=N–C) groups is 1. The van der Waals surface area contributed by atoms with Crippen LogP contribution in [-0.2, 0) is 22.1 Å². The van der Waals surface area contributed by atoms with Gasteiger partial charge in [-0.1, -0.05) is 60.7 Å². The van der Waals surface area contributed by atoms with E-state index >= 15 is 0 Å². The smallest absolute Gasteiger partial charge is 0.193 e. The first-order valence-corrected chi connectivity index (χ1v) is 12.0. The van der Waals surface area contributed by atoms with Crippen LogP contribution in [0.5, 0.6) is 0 Å². The minimum atomic E-state index is -3.14. The average molecular weight is 440 g/mol. The van der Waals surface area contributed by atoms with Crippen molar-refractivity contribution in [3.63, 3.8) is 0 Å². The maximum atomic E-state index is 12.3. The Morgan fingerprint density at radius 1 is 1.10 bits per heavy atom. The fourth-order valence-electron chi connectivity index (χ4n) is 3.28. The molecule has 0 aliphatic carbocycles. The number of hydrogen-bond acceptors (Lipinski definition) is 4. The number of hydrogen-bond donors (Lipinski definition) is 2. The van der Waals surface area contributed by atoms with Crippen molar-refractivity contribution in [1.82, 2.24) is 20.2 Å². The van der Waals surface area contributed by atoms with Crippen LogP contribution in [-0.4, -0.2) is 55.6 Å². The van der Waals surface area contributed by atoms with Gasteiger partial charge in [-0.2, -0.15) is 0 Å². The lowest BCUT2D eigenvalue weighted by Crippen LogP contribution is -2.39. The van der Waals surface area contributed by atoms with Crippen LogP contribution in [0.1, 0.15) is 17.8 Å². The third-order valence-corrected chi connectivity index (χ3v) is 6.50. The third kappa shape index (κ3) is 6.96. The zero-order valence-corrected chi connectivity index (χ0v) is 18.8. The molecule has 0 fully saturated rings. The van der Waals surface area contributed by atoms with Gasteiger partial charge in [0.2, 0.25) is 0 Å². The van der Waals surface area contributed by atoms with E-state index in [1.807, 2.05) is 78.8 Å². The molecule has 0 atom stereocenters. The molecule has 0 spiro atoms. The Kier molecular flexibility index (Phi) is 7.83. The average Bonchev–Trinajstić information content (AvgIpc) is 3.23. The van der Waals surface area contributed by atoms with Crippen molar-refractivity contribution in [2.45, 2.75) is 18.7 Å². The predicted octanol–water partition coefficient (Wildman–Crippen LogP) is 3.09. The first-order chi connectivity index (χ1) is 15.0. The van der Waals surface area contributed by atoms with Crippen molar-refractivity contribution in [3.8, 4) is 11.3 Å². The van der Waals surface area contributed by atoms with Gasteiger partial charge in [0.1, 0.15) is 5.82 Å². The van der Waals surface area contributed by atoms with Crippen molar-refractivity contribution in [3.05, 3.63) is 78.2 Å². The van der Waals surface area contributed by atoms with Crippen LogP contribution in [0.15, 0.2) is 71.9 Å². The molecular weight excluding hydrogens is 410 g/mol. The lowest BCUT2D eigenvalue weighted by Gasteiger charge is -2.21. The summed E-state index contributed by atoms with van der Waals surface area (Å²) in [6.45, 7) is 1.08. The first-order valence-electron chi connectivity index (χ1n) is 10.2. The van der Waals surface area contributed by atoms with Crippen molar-refractivity contribution in [2.24, 2.45) is 4.99 Å². The molecule has 0 amide bonds. The number of imidazole rings is 1. The second-order valence-electron chi connectivity index (χ2n) is 7.37. The summed E-state index contributed by atoms with van der Waals surface area (Å²) < 4.78 is 24.7. The maximum Gasteiger partial charge on any atom is 0.193 e. The molecule has 3 aromatic rings. The molecule has 0 unspecified atom stereocenters. The monoisotopic (exact) mass is 439 g/mol. The van der Waals surface area contributed by atoms with Crippen molar-refractivity contribution < 1.29 is 8.42 Å². The summed E-state index contributed by atoms with van der Waals surface area (Å²) in [6.07, 6.45) is 2.34. The van der Waals surface area contributed by atoms with Crippen LogP contribution in [0.4, 0.5) is 0 Å². The normalized spacial score (nSPS) is 12.0. The Morgan fingerprint density at radius 3 is 2.45 bits per heavy atom. The molecule has 0 radical (unpaired) electrons. The Morgan fingerprint density at radius 2 is 1.77 bits per heavy atom. The number of benzene rings is 2. The molecule has 0 saturated carbocycles. The lowest BCUT2D eigenvalue weighted by molar-refractivity contribution is 0.464. The van der Waals surface area contributed by atoms with Crippen LogP contribution < -0.4 is 5.32 Å². The van der Waals surface area contributed by atoms with Gasteiger partial charge >= 0.3 is 0 Å². The zero-order chi connectivity index (χ0) is 22.1. The molecule has 1 heterocycles. The van der Waals surface area contributed by atoms with Gasteiger partial charge < -0.3 is 15.2 Å². The lowest BCUT2D eigenvalue weighted by atomic mass is 10.2. The van der Waals surface area contributed by atoms with Crippen LogP contribution in [0.3, 0.4) is 0 Å². The van der Waals surface area contributed by atoms with E-state index in [1.54, 1.807) is 7.05 Å². The molecule has 0 saturated heterocycles. The number of aromatic nitrogens is 2. The van der Waals surface area contributed by atoms with Gasteiger partial charge in [0.25, 0.3) is 0 Å². The van der Waals surface area contributed by atoms with E-state index in [0.717, 1.165) is 22.6 Å². The quantitative estimate of drug-likeness (QED) is 0.304. The fourth-order valence-corrected chi connectivity index (χ4v) is 4.71. The number of nitrogens with one attached hydrogen (secondary N) is 2. The van der Waals surface area contributed by atoms with E-state index in [4.69, 9.17) is 0 Å². The Balaban J connectivity index is 1.46. The zero-order valence-electron chi connectivity index (χ0n) is 18.0. The highest BCUT2D eigenvalue weighted by molar-refractivity contribution is 7.90. The fraction of sp³-hybridized carbons (Fsp3) is 0.304. The maximum absolute atomic E-state index is 12.3. The van der Waals surface area contributed by atoms with Crippen molar-refractivity contribution in [2.75, 3.05) is 26.4 Å². The van der Waals surface area contributed by atoms with Gasteiger partial charge in [-0.05, 0) is 17.5 Å². The summed E-state index contributed by atoms with van der Waals surface area (Å²) in [7, 11) is 0.493. The van der Waals surface area contributed by atoms with Gasteiger partial charge in [-0.15, -0.1) is 0 Å². The van der Waals surface area contributed by atoms with Crippen LogP contribution in [0.2, 0.25) is 0 Å². The summed E-state index contributed by atoms with van der Waals surface area (Å²) in [5.74, 6) is 1.73. The molecule has 0 aliphatic heterocycles. The standard InChI is InChI=1S/C23H29N5O2S/c1-24-23(25-14-9-15-31(29,30)18-19-10-5-3-6-11-19)28(2)17-22-26-16-21(27-22)20-12-7-4-8-13-20/h3-8,10-13,16H,9,14-15,17-18H2,1-2H3,(H,24,25)(H,26,27). The molecule has 8 heteroatoms. The summed E-state index contributed by atoms with van der Waals surface area (Å²) in [6, 6.07) is 19.3. The minimum absolute atomic E-state index is 0.0741. The Hall–Kier alpha value is -3.13. The van der Waals surface area contributed by atoms with Crippen LogP contribution in [0.25, 0.3) is 11.3 Å². The number of nitrogens with zero attached hydrogens (tertiary/aromatic N) is 3. The number of aromatic amines is 1. The largest absolute Gasteiger partial charge is 0.356 e. The molecule has 0 aliphatic rings. The third-order valence-electron chi connectivity index (χ3n) is 4.82. The molecule has 7 nitrogen and oxygen atoms in total. The number of H-pyrrole nitrogens is 1. The van der Waals surface area contributed by atoms with Gasteiger partial charge in [0.05, 0.1) is 29.9 Å². The van der Waals surface area contributed by atoms with E-state index in [1.165, 1.54) is 0 Å². The molecule has 1 aromatic heterocycles. The highest BCUT2D eigenvalue weighted by atomic mass is 32.2. The summed E-state index contributed by atoms with van der Waals surface area (Å²) in [5.41, 5.74) is 2.87. The van der Waals surface area contributed by atoms with Gasteiger partial charge in [-0.25, -0.2) is 13.4 Å². The van der Waals surface area contributed by atoms with Crippen molar-refractivity contribution in [1.29, 1.82) is 0 Å². The summed E-state index contributed by atoms with van der Waals surface area (Å²) in [5, 5.41) is 3.23. The highest BCUT2D eigenvalue weighted by Crippen LogP contribution is 2.16. The number of sulfone groups is 1. The topological polar surface area (TPSA) is 90.4 Å². The predicted molar refractivity (Wildman–Crippen MR) is 125 cm³/mol. The summed E-state index contributed by atoms with van der Waals surface area (Å²) >= 11 is 0. The number of rotatable bonds is 9. The van der Waals surface area contributed by atoms with Gasteiger partial charge in [0, 0.05) is 20.6 Å². The Bertz CT molecular complexity index is 1080. The molecular formula is C23H29N5O2S. The van der Waals surface area contributed by atoms with Crippen molar-refractivity contribution >= 4 is 15.8 Å². The van der Waals surface area contributed by atoms with E-state index in [2.05, 4.69) is 20.3 Å². The minimum Gasteiger partial charge on any atom is -0.356 e. The first kappa shape index (κ1) is 22.6. The highest BCUT2D eigenvalue weighted by Gasteiger charge is 2.13. The SMILES string of the molecule is CN=C(NCCCS(=O)(=O)Cc1ccccc1)N(C)Cc1ncc(-c2ccccc2)[nH]1. The van der Waals surface area contributed by atoms with Gasteiger partial charge in [-0.3, -0.25) is 4.99 Å². The van der Waals surface area contributed by atoms with Crippen LogP contribution >= 0.6 is 0 Å². The van der Waals surface area contributed by atoms with Gasteiger partial charge in [0.15, 0.2) is 15.8 Å². The molecule has 164 valence electrons. The van der Waals surface area contributed by atoms with E-state index in [9.17, 15) is 8.42 Å². The molecule has 2 N–H and O–H groups in total. The summed E-state index contributed by atoms with van der Waals surface area (Å²) in [4.78, 5) is 14.0. The molecule has 2 aromatic carbocycles. The molecule has 31 heavy (non-hydrogen) atoms. The second-order valence-corrected chi connectivity index (χ2v) is 9.55. The van der Waals surface area contributed by atoms with Crippen LogP contribution in [0, 0.1) is 0 Å². The number of guanidine groups is 1. The second kappa shape index (κ2) is 10.8. The van der Waals surface area contributed by atoms with E-state index in [0.29, 0.717) is 25.5 Å². The van der Waals surface area contributed by atoms with E-state index < -0.39 is 9.84 Å². The Labute approximate surface area is 184 Å².